The van der Waals surface area contributed by atoms with E-state index in [1.807, 2.05) is 24.3 Å². The quantitative estimate of drug-likeness (QED) is 0.375. The van der Waals surface area contributed by atoms with Gasteiger partial charge in [0.1, 0.15) is 23.0 Å². The van der Waals surface area contributed by atoms with E-state index in [9.17, 15) is 26.3 Å². The maximum absolute atomic E-state index is 14.7. The molecule has 1 aliphatic rings. The molecule has 0 nitrogen and oxygen atoms in total. The Morgan fingerprint density at radius 2 is 1.17 bits per heavy atom. The van der Waals surface area contributed by atoms with Gasteiger partial charge in [0.15, 0.2) is 0 Å². The highest BCUT2D eigenvalue weighted by atomic mass is 19.4. The number of halogens is 6. The number of benzene rings is 3. The van der Waals surface area contributed by atoms with Crippen LogP contribution in [-0.4, -0.2) is 0 Å². The molecule has 1 saturated carbocycles. The van der Waals surface area contributed by atoms with E-state index in [4.69, 9.17) is 0 Å². The molecule has 0 saturated heterocycles. The average Bonchev–Trinajstić information content (AvgIpc) is 3.21. The zero-order chi connectivity index (χ0) is 21.5. The van der Waals surface area contributed by atoms with Crippen molar-refractivity contribution in [1.82, 2.24) is 0 Å². The average molecular weight is 420 g/mol. The molecule has 4 rings (SSSR count). The van der Waals surface area contributed by atoms with Gasteiger partial charge in [-0.3, -0.25) is 0 Å². The van der Waals surface area contributed by atoms with Crippen LogP contribution in [0.1, 0.15) is 42.7 Å². The van der Waals surface area contributed by atoms with Crippen LogP contribution in [0.3, 0.4) is 0 Å². The van der Waals surface area contributed by atoms with Crippen LogP contribution in [-0.2, 0) is 6.18 Å². The molecule has 0 heterocycles. The van der Waals surface area contributed by atoms with Crippen molar-refractivity contribution in [3.8, 4) is 22.3 Å². The zero-order valence-corrected chi connectivity index (χ0v) is 15.9. The van der Waals surface area contributed by atoms with E-state index < -0.39 is 29.2 Å². The summed E-state index contributed by atoms with van der Waals surface area (Å²) in [5.74, 6) is -3.76. The molecule has 1 fully saturated rings. The van der Waals surface area contributed by atoms with Crippen LogP contribution in [0, 0.1) is 17.5 Å². The van der Waals surface area contributed by atoms with E-state index in [-0.39, 0.29) is 11.1 Å². The molecule has 1 aliphatic carbocycles. The number of hydrogen-bond donors (Lipinski definition) is 0. The molecular formula is C24H18F6. The third-order valence-corrected chi connectivity index (χ3v) is 5.68. The van der Waals surface area contributed by atoms with Crippen molar-refractivity contribution < 1.29 is 26.3 Å². The summed E-state index contributed by atoms with van der Waals surface area (Å²) < 4.78 is 80.6. The van der Waals surface area contributed by atoms with Gasteiger partial charge in [0.25, 0.3) is 0 Å². The largest absolute Gasteiger partial charge is 0.422 e. The van der Waals surface area contributed by atoms with Gasteiger partial charge in [0, 0.05) is 5.56 Å². The van der Waals surface area contributed by atoms with Gasteiger partial charge in [-0.2, -0.15) is 13.2 Å². The molecule has 0 unspecified atom stereocenters. The SMILES string of the molecule is Fc1cc(-c2ccc(C3CCCC3)cc2)ccc1-c1cc(F)c(C(F)(F)F)c(F)c1. The van der Waals surface area contributed by atoms with Crippen LogP contribution in [0.2, 0.25) is 0 Å². The molecule has 0 radical (unpaired) electrons. The Bertz CT molecular complexity index is 1040. The van der Waals surface area contributed by atoms with E-state index in [1.54, 1.807) is 6.07 Å². The predicted molar refractivity (Wildman–Crippen MR) is 103 cm³/mol. The molecule has 0 bridgehead atoms. The summed E-state index contributed by atoms with van der Waals surface area (Å²) in [6.07, 6.45) is -0.375. The lowest BCUT2D eigenvalue weighted by molar-refractivity contribution is -0.142. The van der Waals surface area contributed by atoms with Crippen molar-refractivity contribution in [1.29, 1.82) is 0 Å². The first kappa shape index (κ1) is 20.5. The topological polar surface area (TPSA) is 0 Å². The van der Waals surface area contributed by atoms with E-state index in [1.165, 1.54) is 43.4 Å². The van der Waals surface area contributed by atoms with Crippen molar-refractivity contribution in [2.45, 2.75) is 37.8 Å². The van der Waals surface area contributed by atoms with Crippen molar-refractivity contribution in [3.05, 3.63) is 83.2 Å². The van der Waals surface area contributed by atoms with Gasteiger partial charge in [-0.25, -0.2) is 13.2 Å². The normalized spacial score (nSPS) is 15.0. The Balaban J connectivity index is 1.64. The highest BCUT2D eigenvalue weighted by Crippen LogP contribution is 2.38. The van der Waals surface area contributed by atoms with E-state index in [0.29, 0.717) is 23.6 Å². The van der Waals surface area contributed by atoms with Gasteiger partial charge in [-0.1, -0.05) is 49.2 Å². The van der Waals surface area contributed by atoms with Gasteiger partial charge in [-0.15, -0.1) is 0 Å². The molecular weight excluding hydrogens is 402 g/mol. The molecule has 0 aliphatic heterocycles. The van der Waals surface area contributed by atoms with Crippen molar-refractivity contribution in [2.75, 3.05) is 0 Å². The number of alkyl halides is 3. The lowest BCUT2D eigenvalue weighted by Gasteiger charge is -2.13. The lowest BCUT2D eigenvalue weighted by Crippen LogP contribution is -2.11. The van der Waals surface area contributed by atoms with Gasteiger partial charge in [0.05, 0.1) is 0 Å². The molecule has 3 aromatic carbocycles. The fraction of sp³-hybridized carbons (Fsp3) is 0.250. The zero-order valence-electron chi connectivity index (χ0n) is 15.9. The second-order valence-electron chi connectivity index (χ2n) is 7.61. The van der Waals surface area contributed by atoms with Crippen molar-refractivity contribution >= 4 is 0 Å². The molecule has 0 atom stereocenters. The number of hydrogen-bond acceptors (Lipinski definition) is 0. The summed E-state index contributed by atoms with van der Waals surface area (Å²) in [6, 6.07) is 13.0. The van der Waals surface area contributed by atoms with E-state index in [2.05, 4.69) is 0 Å². The summed E-state index contributed by atoms with van der Waals surface area (Å²) in [5, 5.41) is 0. The smallest absolute Gasteiger partial charge is 0.206 e. The Morgan fingerprint density at radius 3 is 1.70 bits per heavy atom. The monoisotopic (exact) mass is 420 g/mol. The van der Waals surface area contributed by atoms with E-state index >= 15 is 0 Å². The fourth-order valence-electron chi connectivity index (χ4n) is 4.14. The van der Waals surface area contributed by atoms with Crippen LogP contribution in [0.25, 0.3) is 22.3 Å². The third kappa shape index (κ3) is 3.95. The van der Waals surface area contributed by atoms with E-state index in [0.717, 1.165) is 5.56 Å². The Morgan fingerprint density at radius 1 is 0.633 bits per heavy atom. The Hall–Kier alpha value is -2.76. The second kappa shape index (κ2) is 7.82. The fourth-order valence-corrected chi connectivity index (χ4v) is 4.14. The summed E-state index contributed by atoms with van der Waals surface area (Å²) in [6.45, 7) is 0. The van der Waals surface area contributed by atoms with Crippen LogP contribution in [0.15, 0.2) is 54.6 Å². The van der Waals surface area contributed by atoms with Gasteiger partial charge in [0.2, 0.25) is 0 Å². The van der Waals surface area contributed by atoms with Gasteiger partial charge >= 0.3 is 6.18 Å². The predicted octanol–water partition coefficient (Wildman–Crippen LogP) is 8.11. The molecule has 156 valence electrons. The summed E-state index contributed by atoms with van der Waals surface area (Å²) in [5.41, 5.74) is 0.162. The highest BCUT2D eigenvalue weighted by Gasteiger charge is 2.38. The minimum atomic E-state index is -5.17. The molecule has 0 aromatic heterocycles. The third-order valence-electron chi connectivity index (χ3n) is 5.68. The Kier molecular flexibility index (Phi) is 5.35. The minimum absolute atomic E-state index is 0.173. The first-order valence-corrected chi connectivity index (χ1v) is 9.70. The first-order valence-electron chi connectivity index (χ1n) is 9.70. The van der Waals surface area contributed by atoms with Crippen molar-refractivity contribution in [3.63, 3.8) is 0 Å². The summed E-state index contributed by atoms with van der Waals surface area (Å²) in [4.78, 5) is 0. The van der Waals surface area contributed by atoms with Crippen LogP contribution >= 0.6 is 0 Å². The number of rotatable bonds is 3. The standard InChI is InChI=1S/C24H18F6/c25-20-11-17(16-7-5-15(6-8-16)14-3-1-2-4-14)9-10-19(20)18-12-21(26)23(22(27)13-18)24(28,29)30/h5-14H,1-4H2. The van der Waals surface area contributed by atoms with Crippen LogP contribution in [0.4, 0.5) is 26.3 Å². The van der Waals surface area contributed by atoms with Gasteiger partial charge in [-0.05, 0) is 59.2 Å². The summed E-state index contributed by atoms with van der Waals surface area (Å²) in [7, 11) is 0. The molecule has 30 heavy (non-hydrogen) atoms. The maximum atomic E-state index is 14.7. The first-order chi connectivity index (χ1) is 14.2. The summed E-state index contributed by atoms with van der Waals surface area (Å²) >= 11 is 0. The van der Waals surface area contributed by atoms with Crippen LogP contribution < -0.4 is 0 Å². The molecule has 0 N–H and O–H groups in total. The minimum Gasteiger partial charge on any atom is -0.206 e. The molecule has 6 heteroatoms. The molecule has 0 amide bonds. The Labute approximate surface area is 170 Å². The maximum Gasteiger partial charge on any atom is 0.422 e. The van der Waals surface area contributed by atoms with Gasteiger partial charge < -0.3 is 0 Å². The molecule has 3 aromatic rings. The van der Waals surface area contributed by atoms with Crippen molar-refractivity contribution in [2.24, 2.45) is 0 Å². The molecule has 0 spiro atoms. The van der Waals surface area contributed by atoms with Crippen LogP contribution in [0.5, 0.6) is 0 Å². The second-order valence-corrected chi connectivity index (χ2v) is 7.61. The highest BCUT2D eigenvalue weighted by molar-refractivity contribution is 5.71. The lowest BCUT2D eigenvalue weighted by atomic mass is 9.94.